The van der Waals surface area contributed by atoms with E-state index in [0.29, 0.717) is 0 Å². The highest BCUT2D eigenvalue weighted by Gasteiger charge is 1.97. The molecule has 1 aromatic rings. The van der Waals surface area contributed by atoms with E-state index in [1.54, 1.807) is 14.2 Å². The molecule has 1 aromatic carbocycles. The largest absolute Gasteiger partial charge is 0.497 e. The predicted molar refractivity (Wildman–Crippen MR) is 91.8 cm³/mol. The van der Waals surface area contributed by atoms with Gasteiger partial charge in [0.25, 0.3) is 0 Å². The SMILES string of the molecule is CCCNC(=NC)NCCc1ccc(OC)cc1.I. The van der Waals surface area contributed by atoms with Gasteiger partial charge < -0.3 is 15.4 Å². The van der Waals surface area contributed by atoms with Gasteiger partial charge in [-0.05, 0) is 30.5 Å². The maximum Gasteiger partial charge on any atom is 0.190 e. The van der Waals surface area contributed by atoms with Crippen LogP contribution in [0.5, 0.6) is 5.75 Å². The monoisotopic (exact) mass is 377 g/mol. The quantitative estimate of drug-likeness (QED) is 0.455. The maximum atomic E-state index is 5.13. The summed E-state index contributed by atoms with van der Waals surface area (Å²) in [5.41, 5.74) is 1.29. The Morgan fingerprint density at radius 2 is 1.79 bits per heavy atom. The van der Waals surface area contributed by atoms with Gasteiger partial charge in [-0.15, -0.1) is 24.0 Å². The summed E-state index contributed by atoms with van der Waals surface area (Å²) in [5, 5.41) is 6.53. The van der Waals surface area contributed by atoms with Crippen LogP contribution in [0.15, 0.2) is 29.3 Å². The van der Waals surface area contributed by atoms with E-state index in [1.165, 1.54) is 5.56 Å². The van der Waals surface area contributed by atoms with Gasteiger partial charge in [-0.2, -0.15) is 0 Å². The lowest BCUT2D eigenvalue weighted by molar-refractivity contribution is 0.414. The molecule has 0 aliphatic heterocycles. The summed E-state index contributed by atoms with van der Waals surface area (Å²) in [6.07, 6.45) is 2.07. The van der Waals surface area contributed by atoms with Gasteiger partial charge >= 0.3 is 0 Å². The van der Waals surface area contributed by atoms with Crippen LogP contribution in [0.1, 0.15) is 18.9 Å². The molecule has 0 saturated carbocycles. The minimum Gasteiger partial charge on any atom is -0.497 e. The normalized spacial score (nSPS) is 10.6. The molecule has 0 aliphatic rings. The van der Waals surface area contributed by atoms with Crippen molar-refractivity contribution in [2.45, 2.75) is 19.8 Å². The van der Waals surface area contributed by atoms with Crippen molar-refractivity contribution in [2.75, 3.05) is 27.2 Å². The molecule has 0 fully saturated rings. The van der Waals surface area contributed by atoms with Crippen molar-refractivity contribution < 1.29 is 4.74 Å². The molecule has 0 unspecified atom stereocenters. The van der Waals surface area contributed by atoms with Gasteiger partial charge in [0, 0.05) is 20.1 Å². The minimum absolute atomic E-state index is 0. The summed E-state index contributed by atoms with van der Waals surface area (Å²) in [6.45, 7) is 3.95. The first-order valence-electron chi connectivity index (χ1n) is 6.37. The first-order chi connectivity index (χ1) is 8.80. The third kappa shape index (κ3) is 7.25. The zero-order valence-corrected chi connectivity index (χ0v) is 14.2. The van der Waals surface area contributed by atoms with E-state index in [4.69, 9.17) is 4.74 Å². The standard InChI is InChI=1S/C14H23N3O.HI/c1-4-10-16-14(15-2)17-11-9-12-5-7-13(18-3)8-6-12;/h5-8H,4,9-11H2,1-3H3,(H2,15,16,17);1H. The zero-order chi connectivity index (χ0) is 13.2. The molecule has 0 bridgehead atoms. The number of nitrogens with zero attached hydrogens (tertiary/aromatic N) is 1. The number of halogens is 1. The molecule has 4 nitrogen and oxygen atoms in total. The summed E-state index contributed by atoms with van der Waals surface area (Å²) < 4.78 is 5.13. The molecule has 0 aromatic heterocycles. The Hall–Kier alpha value is -0.980. The lowest BCUT2D eigenvalue weighted by atomic mass is 10.1. The average molecular weight is 377 g/mol. The van der Waals surface area contributed by atoms with E-state index in [2.05, 4.69) is 34.7 Å². The highest BCUT2D eigenvalue weighted by Crippen LogP contribution is 2.11. The van der Waals surface area contributed by atoms with Crippen LogP contribution in [0.25, 0.3) is 0 Å². The number of ether oxygens (including phenoxy) is 1. The molecule has 2 N–H and O–H groups in total. The Balaban J connectivity index is 0.00000324. The summed E-state index contributed by atoms with van der Waals surface area (Å²) in [5.74, 6) is 1.76. The van der Waals surface area contributed by atoms with Crippen LogP contribution < -0.4 is 15.4 Å². The molecule has 0 spiro atoms. The summed E-state index contributed by atoms with van der Waals surface area (Å²) in [7, 11) is 3.47. The summed E-state index contributed by atoms with van der Waals surface area (Å²) >= 11 is 0. The van der Waals surface area contributed by atoms with Crippen LogP contribution in [-0.2, 0) is 6.42 Å². The maximum absolute atomic E-state index is 5.13. The molecular formula is C14H24IN3O. The lowest BCUT2D eigenvalue weighted by Crippen LogP contribution is -2.38. The van der Waals surface area contributed by atoms with Crippen LogP contribution in [0, 0.1) is 0 Å². The van der Waals surface area contributed by atoms with Crippen LogP contribution in [0.2, 0.25) is 0 Å². The van der Waals surface area contributed by atoms with Gasteiger partial charge in [0.15, 0.2) is 5.96 Å². The number of nitrogens with one attached hydrogen (secondary N) is 2. The Bertz CT molecular complexity index is 365. The third-order valence-corrected chi connectivity index (χ3v) is 2.63. The fraction of sp³-hybridized carbons (Fsp3) is 0.500. The van der Waals surface area contributed by atoms with Crippen molar-refractivity contribution in [3.05, 3.63) is 29.8 Å². The smallest absolute Gasteiger partial charge is 0.190 e. The zero-order valence-electron chi connectivity index (χ0n) is 11.9. The van der Waals surface area contributed by atoms with E-state index < -0.39 is 0 Å². The molecular weight excluding hydrogens is 353 g/mol. The van der Waals surface area contributed by atoms with E-state index in [0.717, 1.165) is 37.6 Å². The highest BCUT2D eigenvalue weighted by molar-refractivity contribution is 14.0. The molecule has 108 valence electrons. The van der Waals surface area contributed by atoms with Crippen molar-refractivity contribution in [2.24, 2.45) is 4.99 Å². The van der Waals surface area contributed by atoms with Crippen molar-refractivity contribution in [1.29, 1.82) is 0 Å². The van der Waals surface area contributed by atoms with Crippen LogP contribution >= 0.6 is 24.0 Å². The minimum atomic E-state index is 0. The molecule has 0 atom stereocenters. The molecule has 0 amide bonds. The fourth-order valence-electron chi connectivity index (χ4n) is 1.58. The Morgan fingerprint density at radius 1 is 1.16 bits per heavy atom. The van der Waals surface area contributed by atoms with Gasteiger partial charge in [0.1, 0.15) is 5.75 Å². The van der Waals surface area contributed by atoms with Crippen LogP contribution in [0.3, 0.4) is 0 Å². The fourth-order valence-corrected chi connectivity index (χ4v) is 1.58. The van der Waals surface area contributed by atoms with Gasteiger partial charge in [-0.3, -0.25) is 4.99 Å². The van der Waals surface area contributed by atoms with E-state index >= 15 is 0 Å². The number of benzene rings is 1. The predicted octanol–water partition coefficient (Wildman–Crippen LogP) is 2.43. The van der Waals surface area contributed by atoms with Crippen molar-refractivity contribution in [3.63, 3.8) is 0 Å². The van der Waals surface area contributed by atoms with E-state index in [-0.39, 0.29) is 24.0 Å². The molecule has 0 aliphatic carbocycles. The lowest BCUT2D eigenvalue weighted by Gasteiger charge is -2.11. The number of methoxy groups -OCH3 is 1. The Kier molecular flexibility index (Phi) is 10.3. The van der Waals surface area contributed by atoms with Crippen LogP contribution in [-0.4, -0.2) is 33.2 Å². The summed E-state index contributed by atoms with van der Waals surface area (Å²) in [6, 6.07) is 8.14. The van der Waals surface area contributed by atoms with Crippen molar-refractivity contribution in [3.8, 4) is 5.75 Å². The second-order valence-electron chi connectivity index (χ2n) is 4.02. The molecule has 1 rings (SSSR count). The van der Waals surface area contributed by atoms with Gasteiger partial charge in [0.05, 0.1) is 7.11 Å². The van der Waals surface area contributed by atoms with Gasteiger partial charge in [-0.25, -0.2) is 0 Å². The number of hydrogen-bond acceptors (Lipinski definition) is 2. The number of rotatable bonds is 6. The molecule has 0 saturated heterocycles. The number of guanidine groups is 1. The molecule has 0 radical (unpaired) electrons. The van der Waals surface area contributed by atoms with Crippen molar-refractivity contribution >= 4 is 29.9 Å². The molecule has 0 heterocycles. The Morgan fingerprint density at radius 3 is 2.32 bits per heavy atom. The molecule has 5 heteroatoms. The van der Waals surface area contributed by atoms with E-state index in [1.807, 2.05) is 12.1 Å². The number of hydrogen-bond donors (Lipinski definition) is 2. The second-order valence-corrected chi connectivity index (χ2v) is 4.02. The first kappa shape index (κ1) is 18.0. The van der Waals surface area contributed by atoms with Crippen molar-refractivity contribution in [1.82, 2.24) is 10.6 Å². The second kappa shape index (κ2) is 10.9. The number of aliphatic imine (C=N–C) groups is 1. The third-order valence-electron chi connectivity index (χ3n) is 2.63. The Labute approximate surface area is 133 Å². The van der Waals surface area contributed by atoms with E-state index in [9.17, 15) is 0 Å². The van der Waals surface area contributed by atoms with Gasteiger partial charge in [0.2, 0.25) is 0 Å². The topological polar surface area (TPSA) is 45.7 Å². The average Bonchev–Trinajstić information content (AvgIpc) is 2.43. The molecule has 19 heavy (non-hydrogen) atoms. The van der Waals surface area contributed by atoms with Gasteiger partial charge in [-0.1, -0.05) is 19.1 Å². The first-order valence-corrected chi connectivity index (χ1v) is 6.37. The summed E-state index contributed by atoms with van der Waals surface area (Å²) in [4.78, 5) is 4.16. The highest BCUT2D eigenvalue weighted by atomic mass is 127. The van der Waals surface area contributed by atoms with Crippen LogP contribution in [0.4, 0.5) is 0 Å².